The number of thioether (sulfide) groups is 1. The summed E-state index contributed by atoms with van der Waals surface area (Å²) in [6.07, 6.45) is 1.65. The molecule has 1 aromatic carbocycles. The van der Waals surface area contributed by atoms with Crippen LogP contribution >= 0.6 is 11.8 Å². The Labute approximate surface area is 71.4 Å². The standard InChI is InChI=1S/C9H12OS/c1-7(10)8-5-3-4-6-9(8)11-2/h3-7,10H,1-2H3/t7-/m0/s1. The second-order valence-electron chi connectivity index (χ2n) is 2.42. The Balaban J connectivity index is 3.02. The van der Waals surface area contributed by atoms with E-state index >= 15 is 0 Å². The lowest BCUT2D eigenvalue weighted by atomic mass is 10.1. The van der Waals surface area contributed by atoms with Crippen molar-refractivity contribution in [3.63, 3.8) is 0 Å². The van der Waals surface area contributed by atoms with E-state index in [0.717, 1.165) is 10.5 Å². The largest absolute Gasteiger partial charge is 0.389 e. The number of rotatable bonds is 2. The van der Waals surface area contributed by atoms with Crippen molar-refractivity contribution < 1.29 is 5.11 Å². The number of hydrogen-bond donors (Lipinski definition) is 1. The molecule has 60 valence electrons. The van der Waals surface area contributed by atoms with E-state index < -0.39 is 0 Å². The third-order valence-corrected chi connectivity index (χ3v) is 2.40. The van der Waals surface area contributed by atoms with Crippen molar-refractivity contribution in [2.75, 3.05) is 6.26 Å². The van der Waals surface area contributed by atoms with Gasteiger partial charge in [-0.3, -0.25) is 0 Å². The molecule has 0 spiro atoms. The minimum absolute atomic E-state index is 0.362. The lowest BCUT2D eigenvalue weighted by Gasteiger charge is -2.08. The smallest absolute Gasteiger partial charge is 0.0772 e. The van der Waals surface area contributed by atoms with Crippen LogP contribution in [-0.4, -0.2) is 11.4 Å². The predicted octanol–water partition coefficient (Wildman–Crippen LogP) is 2.46. The Morgan fingerprint density at radius 3 is 2.45 bits per heavy atom. The Hall–Kier alpha value is -0.470. The van der Waals surface area contributed by atoms with Crippen molar-refractivity contribution in [2.45, 2.75) is 17.9 Å². The maximum atomic E-state index is 9.32. The van der Waals surface area contributed by atoms with Gasteiger partial charge in [0.1, 0.15) is 0 Å². The first-order valence-corrected chi connectivity index (χ1v) is 4.79. The molecule has 1 N–H and O–H groups in total. The molecular formula is C9H12OS. The molecule has 0 heterocycles. The zero-order valence-corrected chi connectivity index (χ0v) is 7.56. The highest BCUT2D eigenvalue weighted by Crippen LogP contribution is 2.24. The Morgan fingerprint density at radius 2 is 2.00 bits per heavy atom. The average molecular weight is 168 g/mol. The highest BCUT2D eigenvalue weighted by Gasteiger charge is 2.04. The molecule has 0 unspecified atom stereocenters. The van der Waals surface area contributed by atoms with E-state index in [-0.39, 0.29) is 6.10 Å². The summed E-state index contributed by atoms with van der Waals surface area (Å²) in [7, 11) is 0. The second kappa shape index (κ2) is 3.79. The first kappa shape index (κ1) is 8.62. The molecule has 0 aromatic heterocycles. The van der Waals surface area contributed by atoms with Gasteiger partial charge < -0.3 is 5.11 Å². The van der Waals surface area contributed by atoms with Gasteiger partial charge in [0.25, 0.3) is 0 Å². The van der Waals surface area contributed by atoms with E-state index in [1.807, 2.05) is 30.5 Å². The fourth-order valence-electron chi connectivity index (χ4n) is 1.01. The predicted molar refractivity (Wildman–Crippen MR) is 48.9 cm³/mol. The van der Waals surface area contributed by atoms with Gasteiger partial charge in [-0.1, -0.05) is 18.2 Å². The summed E-state index contributed by atoms with van der Waals surface area (Å²) in [5, 5.41) is 9.32. The van der Waals surface area contributed by atoms with Gasteiger partial charge in [-0.2, -0.15) is 0 Å². The first-order chi connectivity index (χ1) is 5.25. The van der Waals surface area contributed by atoms with Gasteiger partial charge in [-0.25, -0.2) is 0 Å². The van der Waals surface area contributed by atoms with Crippen LogP contribution in [0.1, 0.15) is 18.6 Å². The summed E-state index contributed by atoms with van der Waals surface area (Å²) in [4.78, 5) is 1.16. The number of aliphatic hydroxyl groups is 1. The van der Waals surface area contributed by atoms with Gasteiger partial charge in [0.2, 0.25) is 0 Å². The van der Waals surface area contributed by atoms with Crippen LogP contribution in [0.4, 0.5) is 0 Å². The minimum Gasteiger partial charge on any atom is -0.389 e. The van der Waals surface area contributed by atoms with Gasteiger partial charge >= 0.3 is 0 Å². The summed E-state index contributed by atoms with van der Waals surface area (Å²) in [5.41, 5.74) is 1.01. The molecule has 0 aliphatic heterocycles. The van der Waals surface area contributed by atoms with E-state index in [0.29, 0.717) is 0 Å². The molecule has 1 rings (SSSR count). The second-order valence-corrected chi connectivity index (χ2v) is 3.27. The third-order valence-electron chi connectivity index (χ3n) is 1.59. The normalized spacial score (nSPS) is 13.0. The Kier molecular flexibility index (Phi) is 2.97. The Bertz CT molecular complexity index is 233. The summed E-state index contributed by atoms with van der Waals surface area (Å²) in [6.45, 7) is 1.79. The summed E-state index contributed by atoms with van der Waals surface area (Å²) >= 11 is 1.66. The monoisotopic (exact) mass is 168 g/mol. The maximum absolute atomic E-state index is 9.32. The highest BCUT2D eigenvalue weighted by atomic mass is 32.2. The van der Waals surface area contributed by atoms with Crippen LogP contribution in [0, 0.1) is 0 Å². The van der Waals surface area contributed by atoms with Gasteiger partial charge in [-0.05, 0) is 24.8 Å². The molecule has 11 heavy (non-hydrogen) atoms. The Morgan fingerprint density at radius 1 is 1.36 bits per heavy atom. The van der Waals surface area contributed by atoms with Crippen LogP contribution in [0.5, 0.6) is 0 Å². The molecule has 0 saturated carbocycles. The SMILES string of the molecule is CSc1ccccc1[C@H](C)O. The van der Waals surface area contributed by atoms with E-state index in [4.69, 9.17) is 0 Å². The lowest BCUT2D eigenvalue weighted by Crippen LogP contribution is -1.92. The van der Waals surface area contributed by atoms with Crippen LogP contribution in [0.2, 0.25) is 0 Å². The van der Waals surface area contributed by atoms with E-state index in [1.54, 1.807) is 18.7 Å². The number of hydrogen-bond acceptors (Lipinski definition) is 2. The summed E-state index contributed by atoms with van der Waals surface area (Å²) in [5.74, 6) is 0. The molecule has 0 saturated heterocycles. The summed E-state index contributed by atoms with van der Waals surface area (Å²) in [6, 6.07) is 7.91. The molecule has 0 bridgehead atoms. The van der Waals surface area contributed by atoms with Crippen molar-refractivity contribution in [3.8, 4) is 0 Å². The van der Waals surface area contributed by atoms with Crippen LogP contribution in [0.15, 0.2) is 29.2 Å². The molecule has 0 fully saturated rings. The highest BCUT2D eigenvalue weighted by molar-refractivity contribution is 7.98. The zero-order valence-electron chi connectivity index (χ0n) is 6.74. The van der Waals surface area contributed by atoms with Crippen molar-refractivity contribution in [3.05, 3.63) is 29.8 Å². The minimum atomic E-state index is -0.362. The van der Waals surface area contributed by atoms with E-state index in [2.05, 4.69) is 0 Å². The van der Waals surface area contributed by atoms with Crippen molar-refractivity contribution in [1.82, 2.24) is 0 Å². The molecule has 0 radical (unpaired) electrons. The third kappa shape index (κ3) is 1.98. The van der Waals surface area contributed by atoms with Crippen LogP contribution < -0.4 is 0 Å². The maximum Gasteiger partial charge on any atom is 0.0772 e. The molecular weight excluding hydrogens is 156 g/mol. The molecule has 1 nitrogen and oxygen atoms in total. The topological polar surface area (TPSA) is 20.2 Å². The van der Waals surface area contributed by atoms with Gasteiger partial charge in [0, 0.05) is 4.90 Å². The van der Waals surface area contributed by atoms with Crippen molar-refractivity contribution in [1.29, 1.82) is 0 Å². The van der Waals surface area contributed by atoms with Crippen molar-refractivity contribution in [2.24, 2.45) is 0 Å². The molecule has 0 aliphatic carbocycles. The van der Waals surface area contributed by atoms with Crippen LogP contribution in [0.3, 0.4) is 0 Å². The first-order valence-electron chi connectivity index (χ1n) is 3.56. The average Bonchev–Trinajstić information content (AvgIpc) is 2.04. The van der Waals surface area contributed by atoms with E-state index in [9.17, 15) is 5.11 Å². The van der Waals surface area contributed by atoms with Gasteiger partial charge in [0.05, 0.1) is 6.10 Å². The zero-order chi connectivity index (χ0) is 8.27. The fourth-order valence-corrected chi connectivity index (χ4v) is 1.70. The lowest BCUT2D eigenvalue weighted by molar-refractivity contribution is 0.196. The van der Waals surface area contributed by atoms with Crippen LogP contribution in [0.25, 0.3) is 0 Å². The van der Waals surface area contributed by atoms with E-state index in [1.165, 1.54) is 0 Å². The number of aliphatic hydroxyl groups excluding tert-OH is 1. The molecule has 1 aromatic rings. The molecule has 1 atom stereocenters. The van der Waals surface area contributed by atoms with Crippen molar-refractivity contribution >= 4 is 11.8 Å². The molecule has 0 aliphatic rings. The molecule has 2 heteroatoms. The quantitative estimate of drug-likeness (QED) is 0.684. The summed E-state index contributed by atoms with van der Waals surface area (Å²) < 4.78 is 0. The fraction of sp³-hybridized carbons (Fsp3) is 0.333. The van der Waals surface area contributed by atoms with Crippen LogP contribution in [-0.2, 0) is 0 Å². The van der Waals surface area contributed by atoms with Gasteiger partial charge in [0.15, 0.2) is 0 Å². The van der Waals surface area contributed by atoms with Gasteiger partial charge in [-0.15, -0.1) is 11.8 Å². The number of benzene rings is 1. The molecule has 0 amide bonds.